The first-order chi connectivity index (χ1) is 15.0. The van der Waals surface area contributed by atoms with Gasteiger partial charge in [-0.1, -0.05) is 54.1 Å². The Labute approximate surface area is 184 Å². The first-order valence-electron chi connectivity index (χ1n) is 9.46. The number of carbonyl (C=O) groups excluding carboxylic acids is 2. The Kier molecular flexibility index (Phi) is 5.82. The summed E-state index contributed by atoms with van der Waals surface area (Å²) in [5.41, 5.74) is 4.68. The van der Waals surface area contributed by atoms with Gasteiger partial charge >= 0.3 is 0 Å². The predicted molar refractivity (Wildman–Crippen MR) is 120 cm³/mol. The lowest BCUT2D eigenvalue weighted by Crippen LogP contribution is -2.53. The second-order valence-corrected chi connectivity index (χ2v) is 7.13. The molecule has 0 spiro atoms. The Morgan fingerprint density at radius 2 is 1.68 bits per heavy atom. The minimum Gasteiger partial charge on any atom is -0.497 e. The van der Waals surface area contributed by atoms with Gasteiger partial charge in [0.1, 0.15) is 11.4 Å². The number of hydrazine groups is 1. The number of hydrogen-bond donors (Lipinski definition) is 1. The number of rotatable bonds is 4. The fourth-order valence-electron chi connectivity index (χ4n) is 3.03. The Hall–Kier alpha value is -3.90. The Morgan fingerprint density at radius 1 is 1.00 bits per heavy atom. The van der Waals surface area contributed by atoms with Crippen LogP contribution >= 0.6 is 11.6 Å². The molecule has 31 heavy (non-hydrogen) atoms. The van der Waals surface area contributed by atoms with Gasteiger partial charge < -0.3 is 4.74 Å². The maximum Gasteiger partial charge on any atom is 0.288 e. The van der Waals surface area contributed by atoms with Gasteiger partial charge in [0.25, 0.3) is 11.8 Å². The van der Waals surface area contributed by atoms with Gasteiger partial charge in [-0.3, -0.25) is 15.0 Å². The number of ether oxygens (including phenoxy) is 1. The van der Waals surface area contributed by atoms with Gasteiger partial charge in [0.15, 0.2) is 5.84 Å². The average Bonchev–Trinajstić information content (AvgIpc) is 2.81. The number of halogens is 1. The monoisotopic (exact) mass is 431 g/mol. The molecule has 2 amide bonds. The molecule has 4 rings (SSSR count). The predicted octanol–water partition coefficient (Wildman–Crippen LogP) is 4.32. The Bertz CT molecular complexity index is 1170. The van der Waals surface area contributed by atoms with Gasteiger partial charge in [-0.2, -0.15) is 5.01 Å². The zero-order chi connectivity index (χ0) is 21.8. The summed E-state index contributed by atoms with van der Waals surface area (Å²) in [6.07, 6.45) is 1.65. The number of nitrogens with zero attached hydrogens (tertiary/aromatic N) is 2. The number of amidine groups is 1. The molecule has 0 unspecified atom stereocenters. The van der Waals surface area contributed by atoms with E-state index in [1.807, 2.05) is 42.5 Å². The normalized spacial score (nSPS) is 14.8. The van der Waals surface area contributed by atoms with Crippen LogP contribution in [0.5, 0.6) is 5.75 Å². The highest BCUT2D eigenvalue weighted by atomic mass is 35.5. The third-order valence-electron chi connectivity index (χ3n) is 4.63. The second kappa shape index (κ2) is 8.85. The SMILES string of the molecule is COc1ccc(/C=C2/N=C(c3ccccc3)N(C(=O)c3ccc(Cl)cc3)NC2=O)cc1. The molecule has 0 saturated heterocycles. The molecule has 1 aliphatic heterocycles. The summed E-state index contributed by atoms with van der Waals surface area (Å²) in [4.78, 5) is 30.4. The molecule has 154 valence electrons. The van der Waals surface area contributed by atoms with E-state index < -0.39 is 11.8 Å². The molecule has 0 saturated carbocycles. The molecule has 3 aromatic rings. The maximum absolute atomic E-state index is 13.1. The van der Waals surface area contributed by atoms with Crippen LogP contribution in [0.4, 0.5) is 0 Å². The number of carbonyl (C=O) groups is 2. The molecule has 3 aromatic carbocycles. The third-order valence-corrected chi connectivity index (χ3v) is 4.88. The van der Waals surface area contributed by atoms with Gasteiger partial charge in [0.2, 0.25) is 0 Å². The van der Waals surface area contributed by atoms with Crippen molar-refractivity contribution in [2.75, 3.05) is 7.11 Å². The van der Waals surface area contributed by atoms with Crippen molar-refractivity contribution in [3.63, 3.8) is 0 Å². The van der Waals surface area contributed by atoms with E-state index >= 15 is 0 Å². The van der Waals surface area contributed by atoms with Crippen LogP contribution in [0.2, 0.25) is 5.02 Å². The smallest absolute Gasteiger partial charge is 0.288 e. The first-order valence-corrected chi connectivity index (χ1v) is 9.84. The molecule has 1 aliphatic rings. The van der Waals surface area contributed by atoms with E-state index in [-0.39, 0.29) is 5.70 Å². The first kappa shape index (κ1) is 20.4. The van der Waals surface area contributed by atoms with E-state index in [1.165, 1.54) is 0 Å². The van der Waals surface area contributed by atoms with E-state index in [4.69, 9.17) is 16.3 Å². The zero-order valence-electron chi connectivity index (χ0n) is 16.6. The molecule has 1 heterocycles. The number of methoxy groups -OCH3 is 1. The summed E-state index contributed by atoms with van der Waals surface area (Å²) in [6, 6.07) is 22.9. The van der Waals surface area contributed by atoms with E-state index in [0.717, 1.165) is 10.6 Å². The molecule has 0 atom stereocenters. The quantitative estimate of drug-likeness (QED) is 0.625. The standard InChI is InChI=1S/C24H18ClN3O3/c1-31-20-13-7-16(8-14-20)15-21-23(29)27-28(22(26-21)17-5-3-2-4-6-17)24(30)18-9-11-19(25)12-10-18/h2-15H,1H3,(H,27,29)/b21-15+. The van der Waals surface area contributed by atoms with Crippen LogP contribution in [0.25, 0.3) is 6.08 Å². The molecule has 0 aromatic heterocycles. The van der Waals surface area contributed by atoms with Crippen molar-refractivity contribution in [1.82, 2.24) is 10.4 Å². The molecule has 0 bridgehead atoms. The topological polar surface area (TPSA) is 71.0 Å². The largest absolute Gasteiger partial charge is 0.497 e. The third kappa shape index (κ3) is 4.49. The molecule has 6 nitrogen and oxygen atoms in total. The summed E-state index contributed by atoms with van der Waals surface area (Å²) in [7, 11) is 1.59. The highest BCUT2D eigenvalue weighted by molar-refractivity contribution is 6.30. The molecule has 7 heteroatoms. The minimum absolute atomic E-state index is 0.184. The van der Waals surface area contributed by atoms with Crippen LogP contribution in [-0.2, 0) is 4.79 Å². The zero-order valence-corrected chi connectivity index (χ0v) is 17.3. The lowest BCUT2D eigenvalue weighted by molar-refractivity contribution is -0.120. The fraction of sp³-hybridized carbons (Fsp3) is 0.0417. The number of aliphatic imine (C=N–C) groups is 1. The van der Waals surface area contributed by atoms with Gasteiger partial charge in [-0.25, -0.2) is 4.99 Å². The summed E-state index contributed by atoms with van der Waals surface area (Å²) in [5.74, 6) is 0.122. The van der Waals surface area contributed by atoms with Crippen molar-refractivity contribution < 1.29 is 14.3 Å². The van der Waals surface area contributed by atoms with Crippen molar-refractivity contribution in [3.05, 3.63) is 106 Å². The molecule has 0 fully saturated rings. The lowest BCUT2D eigenvalue weighted by Gasteiger charge is -2.28. The molecular weight excluding hydrogens is 414 g/mol. The fourth-order valence-corrected chi connectivity index (χ4v) is 3.16. The number of amides is 2. The van der Waals surface area contributed by atoms with Crippen LogP contribution in [0, 0.1) is 0 Å². The summed E-state index contributed by atoms with van der Waals surface area (Å²) in [6.45, 7) is 0. The van der Waals surface area contributed by atoms with Crippen molar-refractivity contribution in [2.45, 2.75) is 0 Å². The van der Waals surface area contributed by atoms with E-state index in [1.54, 1.807) is 49.6 Å². The van der Waals surface area contributed by atoms with Gasteiger partial charge in [-0.15, -0.1) is 0 Å². The minimum atomic E-state index is -0.488. The number of hydrogen-bond acceptors (Lipinski definition) is 4. The molecule has 0 aliphatic carbocycles. The number of nitrogens with one attached hydrogen (secondary N) is 1. The maximum atomic E-state index is 13.1. The van der Waals surface area contributed by atoms with Gasteiger partial charge in [-0.05, 0) is 48.0 Å². The van der Waals surface area contributed by atoms with Crippen molar-refractivity contribution >= 4 is 35.3 Å². The van der Waals surface area contributed by atoms with E-state index in [0.29, 0.717) is 27.7 Å². The molecule has 1 N–H and O–H groups in total. The molecular formula is C24H18ClN3O3. The van der Waals surface area contributed by atoms with Crippen LogP contribution in [0.3, 0.4) is 0 Å². The van der Waals surface area contributed by atoms with Crippen LogP contribution in [-0.4, -0.2) is 29.8 Å². The van der Waals surface area contributed by atoms with Crippen LogP contribution in [0.15, 0.2) is 89.6 Å². The Balaban J connectivity index is 1.75. The van der Waals surface area contributed by atoms with Gasteiger partial charge in [0, 0.05) is 16.1 Å². The summed E-state index contributed by atoms with van der Waals surface area (Å²) in [5, 5.41) is 1.67. The summed E-state index contributed by atoms with van der Waals surface area (Å²) >= 11 is 5.93. The number of benzene rings is 3. The lowest BCUT2D eigenvalue weighted by atomic mass is 10.1. The highest BCUT2D eigenvalue weighted by Crippen LogP contribution is 2.20. The van der Waals surface area contributed by atoms with Crippen LogP contribution in [0.1, 0.15) is 21.5 Å². The van der Waals surface area contributed by atoms with Crippen LogP contribution < -0.4 is 10.2 Å². The van der Waals surface area contributed by atoms with Crippen molar-refractivity contribution in [3.8, 4) is 5.75 Å². The summed E-state index contributed by atoms with van der Waals surface area (Å²) < 4.78 is 5.17. The van der Waals surface area contributed by atoms with E-state index in [9.17, 15) is 9.59 Å². The van der Waals surface area contributed by atoms with E-state index in [2.05, 4.69) is 10.4 Å². The van der Waals surface area contributed by atoms with Gasteiger partial charge in [0.05, 0.1) is 7.11 Å². The highest BCUT2D eigenvalue weighted by Gasteiger charge is 2.30. The Morgan fingerprint density at radius 3 is 2.32 bits per heavy atom. The second-order valence-electron chi connectivity index (χ2n) is 6.69. The van der Waals surface area contributed by atoms with Crippen molar-refractivity contribution in [2.24, 2.45) is 4.99 Å². The van der Waals surface area contributed by atoms with Crippen molar-refractivity contribution in [1.29, 1.82) is 0 Å². The molecule has 0 radical (unpaired) electrons. The average molecular weight is 432 g/mol.